The third kappa shape index (κ3) is 34.7. The van der Waals surface area contributed by atoms with Gasteiger partial charge in [-0.15, -0.1) is 0 Å². The van der Waals surface area contributed by atoms with E-state index in [1.54, 1.807) is 19.2 Å². The van der Waals surface area contributed by atoms with Crippen molar-refractivity contribution in [3.63, 3.8) is 0 Å². The van der Waals surface area contributed by atoms with Crippen LogP contribution in [0.1, 0.15) is 240 Å². The summed E-state index contributed by atoms with van der Waals surface area (Å²) in [5.41, 5.74) is 5.71. The molecular formula is C92H130N9O27S2+. The third-order valence-electron chi connectivity index (χ3n) is 23.4. The summed E-state index contributed by atoms with van der Waals surface area (Å²) in [4.78, 5) is 240. The van der Waals surface area contributed by atoms with Crippen molar-refractivity contribution in [2.45, 2.75) is 282 Å². The molecule has 12 N–H and O–H groups in total. The molecule has 1 fully saturated rings. The summed E-state index contributed by atoms with van der Waals surface area (Å²) in [6.07, 6.45) is 3.69. The second-order valence-corrected chi connectivity index (χ2v) is 37.1. The number of carboxylic acid groups (broad SMARTS) is 5. The fraction of sp³-hybridized carbons (Fsp3) is 0.598. The van der Waals surface area contributed by atoms with Crippen molar-refractivity contribution >= 4 is 145 Å². The van der Waals surface area contributed by atoms with Crippen LogP contribution in [0.4, 0.5) is 11.4 Å². The molecule has 2 aromatic carbocycles. The van der Waals surface area contributed by atoms with Crippen molar-refractivity contribution in [3.05, 3.63) is 89.2 Å². The minimum Gasteiger partial charge on any atom is -0.481 e. The molecule has 0 aliphatic carbocycles. The Kier molecular flexibility index (Phi) is 44.4. The fourth-order valence-electron chi connectivity index (χ4n) is 16.1. The number of benzene rings is 2. The lowest BCUT2D eigenvalue weighted by atomic mass is 9.81. The Labute approximate surface area is 762 Å². The van der Waals surface area contributed by atoms with Crippen LogP contribution in [-0.2, 0) is 112 Å². The summed E-state index contributed by atoms with van der Waals surface area (Å²) in [6, 6.07) is 2.75. The number of ether oxygens (including phenoxy) is 1. The highest BCUT2D eigenvalue weighted by Crippen LogP contribution is 2.48. The molecule has 1 saturated heterocycles. The molecule has 0 unspecified atom stereocenters. The number of amides is 7. The largest absolute Gasteiger partial charge is 0.481 e. The van der Waals surface area contributed by atoms with Crippen LogP contribution in [0.5, 0.6) is 0 Å². The van der Waals surface area contributed by atoms with Gasteiger partial charge in [0.2, 0.25) is 47.0 Å². The van der Waals surface area contributed by atoms with Crippen molar-refractivity contribution < 1.29 is 134 Å². The van der Waals surface area contributed by atoms with Gasteiger partial charge in [0, 0.05) is 168 Å². The number of likely N-dealkylation sites (N-methyl/N-ethyl adjacent to an activating group) is 1. The number of anilines is 1. The second kappa shape index (κ2) is 52.8. The van der Waals surface area contributed by atoms with Gasteiger partial charge in [-0.05, 0) is 140 Å². The smallest absolute Gasteiger partial charge is 0.303 e. The molecule has 716 valence electrons. The number of rotatable bonds is 62. The molecule has 3 aliphatic heterocycles. The molecule has 9 atom stereocenters. The van der Waals surface area contributed by atoms with Crippen LogP contribution in [0.15, 0.2) is 77.4 Å². The first-order valence-electron chi connectivity index (χ1n) is 44.2. The zero-order valence-corrected chi connectivity index (χ0v) is 77.8. The van der Waals surface area contributed by atoms with E-state index >= 15 is 0 Å². The molecule has 130 heavy (non-hydrogen) atoms. The van der Waals surface area contributed by atoms with Gasteiger partial charge in [0.25, 0.3) is 10.1 Å². The van der Waals surface area contributed by atoms with E-state index < -0.39 is 260 Å². The number of aliphatic carboxylic acids is 5. The number of nitrogens with one attached hydrogen (secondary N) is 6. The first-order chi connectivity index (χ1) is 61.1. The number of Topliss-reactive ketones (excluding diaryl/α,β-unsaturated/α-hetero) is 6. The van der Waals surface area contributed by atoms with Crippen LogP contribution in [-0.4, -0.2) is 247 Å². The van der Waals surface area contributed by atoms with Crippen LogP contribution >= 0.6 is 11.8 Å². The maximum absolute atomic E-state index is 14.4. The topological polar surface area (TPSA) is 554 Å². The lowest BCUT2D eigenvalue weighted by Crippen LogP contribution is -2.52. The Morgan fingerprint density at radius 1 is 0.577 bits per heavy atom. The summed E-state index contributed by atoms with van der Waals surface area (Å²) in [5, 5.41) is 63.9. The van der Waals surface area contributed by atoms with E-state index in [2.05, 4.69) is 88.8 Å². The monoisotopic (exact) mass is 1860 g/mol. The molecule has 2 aromatic rings. The van der Waals surface area contributed by atoms with Crippen molar-refractivity contribution in [1.29, 1.82) is 0 Å². The van der Waals surface area contributed by atoms with Gasteiger partial charge in [-0.2, -0.15) is 24.8 Å². The molecule has 3 heterocycles. The maximum Gasteiger partial charge on any atom is 0.303 e. The highest BCUT2D eigenvalue weighted by Gasteiger charge is 2.46. The van der Waals surface area contributed by atoms with E-state index in [0.717, 1.165) is 29.2 Å². The van der Waals surface area contributed by atoms with E-state index in [0.29, 0.717) is 37.1 Å². The molecule has 5 rings (SSSR count). The lowest BCUT2D eigenvalue weighted by Gasteiger charge is -2.27. The van der Waals surface area contributed by atoms with Gasteiger partial charge in [-0.3, -0.25) is 90.9 Å². The van der Waals surface area contributed by atoms with E-state index in [1.807, 2.05) is 56.6 Å². The van der Waals surface area contributed by atoms with Crippen LogP contribution in [0.25, 0.3) is 0 Å². The number of carboxylic acids is 5. The molecule has 38 heteroatoms. The van der Waals surface area contributed by atoms with Gasteiger partial charge in [-0.25, -0.2) is 0 Å². The van der Waals surface area contributed by atoms with Gasteiger partial charge >= 0.3 is 29.8 Å². The number of unbranched alkanes of at least 4 members (excludes halogenated alkanes) is 2. The zero-order valence-electron chi connectivity index (χ0n) is 76.2. The standard InChI is InChI=1S/C92H129N9O27S2/c1-12-60(102)52-93-87(121)57(6)48-74(105)68(54-129-11)95-80(109)37-36-73(104)67(46-55(3)4)98-90(124)71-22-20-44-101(71)81(110)53-128-45-21-23-72(103)64(31-40-84(115)116)96-88(122)59(29-39-83(113)114)50-76(107)66(33-42-86(119)120)97-89(123)58(28-38-82(111)112)49-75(106)65(32-41-85(117)118)94-79(108)26-18-15-19-43-100-70-35-30-61(130(125,126)127)51-63(70)92(9,10)78(100)25-17-14-16-24-77-91(7,8)62-47-56(5)27-34-69(62)99(77)13-2/h14,16-17,24-25,27,30,34-35,47,51,55,57-59,64-68,71H,12-13,15,18-23,26,28-29,31-33,36-46,48-50,52-54H2,1-11H3,(H11-,93,94,95,96,97,98,108,109,111,112,113,114,115,116,117,118,119,120,121,122,123,124,125,126,127)/p+1/t57-,58+,59+,64-,65-,66-,67+,68+,71+/m1/s1. The van der Waals surface area contributed by atoms with Crippen molar-refractivity contribution in [2.24, 2.45) is 23.7 Å². The van der Waals surface area contributed by atoms with Gasteiger partial charge < -0.3 is 72.0 Å². The Balaban J connectivity index is 1.21. The molecule has 7 amide bonds. The lowest BCUT2D eigenvalue weighted by molar-refractivity contribution is -0.438. The molecule has 36 nitrogen and oxygen atoms in total. The number of hydrogen-bond acceptors (Lipinski definition) is 23. The average Bonchev–Trinajstić information content (AvgIpc) is 1.59. The highest BCUT2D eigenvalue weighted by atomic mass is 32.2. The number of allylic oxidation sites excluding steroid dienone is 6. The predicted octanol–water partition coefficient (Wildman–Crippen LogP) is 7.70. The molecular weight excluding hydrogens is 1730 g/mol. The minimum atomic E-state index is -4.59. The van der Waals surface area contributed by atoms with Crippen molar-refractivity contribution in [2.75, 3.05) is 56.3 Å². The van der Waals surface area contributed by atoms with E-state index in [9.17, 15) is 125 Å². The SMILES string of the molecule is CCC(=O)CNC(=O)[C@H](C)CC(=O)[C@H](CSC)NC(=O)CCC(=O)[C@H](CC(C)C)NC(=O)[C@@H]1CCCN1C(=O)COCCCC(=O)[C@@H](CCC(=O)O)NC(=O)[C@@H](CCC(=O)O)CC(=O)[C@@H](CCC(=O)O)NC(=O)[C@@H](CCC(=O)O)CC(=O)[C@@H](CCC(=O)O)NC(=O)CCCCC[N+]1=C(C=CC=CC=C2N(CC)c3ccc(C)cc3C2(C)C)C(C)(C)c2cc(S(=O)(=O)O)ccc21. The average molecular weight is 1860 g/mol. The van der Waals surface area contributed by atoms with Crippen LogP contribution < -0.4 is 36.8 Å². The fourth-order valence-corrected chi connectivity index (χ4v) is 17.2. The number of likely N-dealkylation sites (tertiary alicyclic amines) is 1. The third-order valence-corrected chi connectivity index (χ3v) is 24.9. The Bertz CT molecular complexity index is 4720. The van der Waals surface area contributed by atoms with Gasteiger partial charge in [0.05, 0.1) is 47.1 Å². The molecule has 0 spiro atoms. The molecule has 0 bridgehead atoms. The quantitative estimate of drug-likeness (QED) is 0.0131. The summed E-state index contributed by atoms with van der Waals surface area (Å²) < 4.78 is 42.5. The Morgan fingerprint density at radius 3 is 1.68 bits per heavy atom. The first-order valence-corrected chi connectivity index (χ1v) is 47.1. The van der Waals surface area contributed by atoms with E-state index in [4.69, 9.17) is 4.74 Å². The van der Waals surface area contributed by atoms with Crippen LogP contribution in [0, 0.1) is 30.6 Å². The van der Waals surface area contributed by atoms with Gasteiger partial charge in [0.1, 0.15) is 19.2 Å². The first kappa shape index (κ1) is 110. The van der Waals surface area contributed by atoms with E-state index in [1.165, 1.54) is 41.3 Å². The van der Waals surface area contributed by atoms with Crippen LogP contribution in [0.2, 0.25) is 0 Å². The molecule has 3 aliphatic rings. The number of carbonyl (C=O) groups is 18. The number of carbonyl (C=O) groups excluding carboxylic acids is 13. The number of nitrogens with zero attached hydrogens (tertiary/aromatic N) is 3. The predicted molar refractivity (Wildman–Crippen MR) is 480 cm³/mol. The van der Waals surface area contributed by atoms with Crippen LogP contribution in [0.3, 0.4) is 0 Å². The highest BCUT2D eigenvalue weighted by molar-refractivity contribution is 7.98. The molecule has 0 aromatic heterocycles. The maximum atomic E-state index is 14.4. The van der Waals surface area contributed by atoms with E-state index in [-0.39, 0.29) is 105 Å². The van der Waals surface area contributed by atoms with Gasteiger partial charge in [0.15, 0.2) is 40.4 Å². The minimum absolute atomic E-state index is 0.120. The second-order valence-electron chi connectivity index (χ2n) is 34.7. The molecule has 0 saturated carbocycles. The number of hydrogen-bond donors (Lipinski definition) is 12. The Morgan fingerprint density at radius 2 is 1.12 bits per heavy atom. The summed E-state index contributed by atoms with van der Waals surface area (Å²) >= 11 is 1.28. The summed E-state index contributed by atoms with van der Waals surface area (Å²) in [5.74, 6) is -20.4. The number of aryl methyl sites for hydroxylation is 1. The normalized spacial score (nSPS) is 16.6. The van der Waals surface area contributed by atoms with Crippen molar-refractivity contribution in [1.82, 2.24) is 36.8 Å². The van der Waals surface area contributed by atoms with Crippen molar-refractivity contribution in [3.8, 4) is 0 Å². The number of thioether (sulfide) groups is 1. The Hall–Kier alpha value is -11.0. The summed E-state index contributed by atoms with van der Waals surface area (Å²) in [6.45, 7) is 19.4. The number of ketones is 6. The zero-order chi connectivity index (χ0) is 97.1. The van der Waals surface area contributed by atoms with Gasteiger partial charge in [-0.1, -0.05) is 77.5 Å². The summed E-state index contributed by atoms with van der Waals surface area (Å²) in [7, 11) is -4.59. The molecule has 0 radical (unpaired) electrons. The number of fused-ring (bicyclic) bond motifs is 2.